The average molecular weight is 296 g/mol. The predicted octanol–water partition coefficient (Wildman–Crippen LogP) is 2.00. The summed E-state index contributed by atoms with van der Waals surface area (Å²) in [6.07, 6.45) is 8.24. The summed E-state index contributed by atoms with van der Waals surface area (Å²) in [6, 6.07) is 0. The lowest BCUT2D eigenvalue weighted by atomic mass is 9.79. The van der Waals surface area contributed by atoms with Crippen LogP contribution in [-0.4, -0.2) is 41.5 Å². The van der Waals surface area contributed by atoms with Crippen molar-refractivity contribution in [3.8, 4) is 0 Å². The molecule has 1 aliphatic heterocycles. The zero-order chi connectivity index (χ0) is 15.3. The van der Waals surface area contributed by atoms with Crippen molar-refractivity contribution in [3.05, 3.63) is 0 Å². The summed E-state index contributed by atoms with van der Waals surface area (Å²) < 4.78 is 0. The molecule has 2 fully saturated rings. The summed E-state index contributed by atoms with van der Waals surface area (Å²) in [5.74, 6) is -0.183. The van der Waals surface area contributed by atoms with Crippen molar-refractivity contribution in [2.24, 2.45) is 17.1 Å². The Balaban J connectivity index is 1.94. The van der Waals surface area contributed by atoms with Crippen molar-refractivity contribution in [1.82, 2.24) is 4.90 Å². The van der Waals surface area contributed by atoms with Crippen molar-refractivity contribution >= 4 is 11.9 Å². The third-order valence-electron chi connectivity index (χ3n) is 5.24. The number of hydrogen-bond acceptors (Lipinski definition) is 3. The fourth-order valence-corrected chi connectivity index (χ4v) is 3.83. The van der Waals surface area contributed by atoms with E-state index in [0.717, 1.165) is 38.6 Å². The number of carbonyl (C=O) groups excluding carboxylic acids is 1. The Labute approximate surface area is 126 Å². The van der Waals surface area contributed by atoms with Crippen LogP contribution < -0.4 is 5.73 Å². The SMILES string of the molecule is NCC1(C(=O)N2CCC(CCC(=O)O)C2)CCCCCC1. The molecule has 0 radical (unpaired) electrons. The lowest BCUT2D eigenvalue weighted by Crippen LogP contribution is -2.47. The zero-order valence-electron chi connectivity index (χ0n) is 12.9. The molecular weight excluding hydrogens is 268 g/mol. The molecule has 2 aliphatic rings. The van der Waals surface area contributed by atoms with Gasteiger partial charge in [0.25, 0.3) is 0 Å². The highest BCUT2D eigenvalue weighted by atomic mass is 16.4. The van der Waals surface area contributed by atoms with Crippen molar-refractivity contribution < 1.29 is 14.7 Å². The Bertz CT molecular complexity index is 376. The second-order valence-corrected chi connectivity index (χ2v) is 6.74. The number of carbonyl (C=O) groups is 2. The molecule has 1 aliphatic carbocycles. The second kappa shape index (κ2) is 7.25. The minimum Gasteiger partial charge on any atom is -0.481 e. The van der Waals surface area contributed by atoms with Crippen LogP contribution in [-0.2, 0) is 9.59 Å². The van der Waals surface area contributed by atoms with Crippen LogP contribution in [0.1, 0.15) is 57.8 Å². The van der Waals surface area contributed by atoms with Crippen LogP contribution in [0.15, 0.2) is 0 Å². The highest BCUT2D eigenvalue weighted by Crippen LogP contribution is 2.37. The monoisotopic (exact) mass is 296 g/mol. The van der Waals surface area contributed by atoms with Gasteiger partial charge in [0.15, 0.2) is 0 Å². The molecule has 1 unspecified atom stereocenters. The number of nitrogens with two attached hydrogens (primary N) is 1. The molecule has 1 atom stereocenters. The van der Waals surface area contributed by atoms with Gasteiger partial charge >= 0.3 is 5.97 Å². The van der Waals surface area contributed by atoms with E-state index in [4.69, 9.17) is 10.8 Å². The number of nitrogens with zero attached hydrogens (tertiary/aromatic N) is 1. The molecule has 21 heavy (non-hydrogen) atoms. The van der Waals surface area contributed by atoms with Crippen LogP contribution in [0.4, 0.5) is 0 Å². The summed E-state index contributed by atoms with van der Waals surface area (Å²) >= 11 is 0. The molecule has 1 saturated heterocycles. The normalized spacial score (nSPS) is 25.6. The summed E-state index contributed by atoms with van der Waals surface area (Å²) in [6.45, 7) is 1.93. The maximum atomic E-state index is 12.9. The molecule has 0 bridgehead atoms. The van der Waals surface area contributed by atoms with Crippen molar-refractivity contribution in [2.75, 3.05) is 19.6 Å². The van der Waals surface area contributed by atoms with Crippen molar-refractivity contribution in [2.45, 2.75) is 57.8 Å². The highest BCUT2D eigenvalue weighted by molar-refractivity contribution is 5.83. The molecule has 0 aromatic carbocycles. The Morgan fingerprint density at radius 2 is 1.86 bits per heavy atom. The van der Waals surface area contributed by atoms with Gasteiger partial charge in [0.1, 0.15) is 0 Å². The lowest BCUT2D eigenvalue weighted by molar-refractivity contribution is -0.141. The number of rotatable bonds is 5. The van der Waals surface area contributed by atoms with Gasteiger partial charge in [-0.25, -0.2) is 0 Å². The standard InChI is InChI=1S/C16H28N2O3/c17-12-16(8-3-1-2-4-9-16)15(21)18-10-7-13(11-18)5-6-14(19)20/h13H,1-12,17H2,(H,19,20). The van der Waals surface area contributed by atoms with E-state index in [0.29, 0.717) is 25.4 Å². The summed E-state index contributed by atoms with van der Waals surface area (Å²) in [7, 11) is 0. The van der Waals surface area contributed by atoms with Crippen LogP contribution >= 0.6 is 0 Å². The molecule has 0 spiro atoms. The zero-order valence-corrected chi connectivity index (χ0v) is 12.9. The van der Waals surface area contributed by atoms with Crippen LogP contribution in [0, 0.1) is 11.3 Å². The maximum absolute atomic E-state index is 12.9. The molecular formula is C16H28N2O3. The molecule has 3 N–H and O–H groups in total. The van der Waals surface area contributed by atoms with Crippen LogP contribution in [0.3, 0.4) is 0 Å². The number of amides is 1. The van der Waals surface area contributed by atoms with Gasteiger partial charge in [-0.15, -0.1) is 0 Å². The number of likely N-dealkylation sites (tertiary alicyclic amines) is 1. The number of carboxylic acid groups (broad SMARTS) is 1. The fraction of sp³-hybridized carbons (Fsp3) is 0.875. The quantitative estimate of drug-likeness (QED) is 0.760. The van der Waals surface area contributed by atoms with Gasteiger partial charge in [0.2, 0.25) is 5.91 Å². The smallest absolute Gasteiger partial charge is 0.303 e. The third-order valence-corrected chi connectivity index (χ3v) is 5.24. The van der Waals surface area contributed by atoms with Crippen LogP contribution in [0.2, 0.25) is 0 Å². The largest absolute Gasteiger partial charge is 0.481 e. The Morgan fingerprint density at radius 1 is 1.19 bits per heavy atom. The first-order valence-corrected chi connectivity index (χ1v) is 8.29. The summed E-state index contributed by atoms with van der Waals surface area (Å²) in [5.41, 5.74) is 5.64. The van der Waals surface area contributed by atoms with E-state index in [1.165, 1.54) is 12.8 Å². The fourth-order valence-electron chi connectivity index (χ4n) is 3.83. The van der Waals surface area contributed by atoms with E-state index in [1.54, 1.807) is 0 Å². The highest BCUT2D eigenvalue weighted by Gasteiger charge is 2.41. The molecule has 1 heterocycles. The molecule has 0 aromatic heterocycles. The Kier molecular flexibility index (Phi) is 5.62. The maximum Gasteiger partial charge on any atom is 0.303 e. The van der Waals surface area contributed by atoms with Gasteiger partial charge < -0.3 is 15.7 Å². The molecule has 0 aromatic rings. The van der Waals surface area contributed by atoms with E-state index >= 15 is 0 Å². The Morgan fingerprint density at radius 3 is 2.43 bits per heavy atom. The van der Waals surface area contributed by atoms with Crippen molar-refractivity contribution in [1.29, 1.82) is 0 Å². The van der Waals surface area contributed by atoms with Crippen LogP contribution in [0.5, 0.6) is 0 Å². The van der Waals surface area contributed by atoms with Gasteiger partial charge in [-0.1, -0.05) is 25.7 Å². The van der Waals surface area contributed by atoms with Gasteiger partial charge in [-0.2, -0.15) is 0 Å². The predicted molar refractivity (Wildman–Crippen MR) is 80.7 cm³/mol. The van der Waals surface area contributed by atoms with Gasteiger partial charge in [-0.3, -0.25) is 9.59 Å². The van der Waals surface area contributed by atoms with E-state index in [2.05, 4.69) is 0 Å². The average Bonchev–Trinajstić information content (AvgIpc) is 2.81. The number of hydrogen-bond donors (Lipinski definition) is 2. The number of aliphatic carboxylic acids is 1. The third kappa shape index (κ3) is 3.96. The summed E-state index contributed by atoms with van der Waals surface area (Å²) in [5, 5.41) is 8.77. The second-order valence-electron chi connectivity index (χ2n) is 6.74. The van der Waals surface area contributed by atoms with Gasteiger partial charge in [0, 0.05) is 26.1 Å². The van der Waals surface area contributed by atoms with E-state index in [-0.39, 0.29) is 17.7 Å². The van der Waals surface area contributed by atoms with Crippen LogP contribution in [0.25, 0.3) is 0 Å². The molecule has 1 saturated carbocycles. The number of carboxylic acids is 1. The molecule has 120 valence electrons. The first-order valence-electron chi connectivity index (χ1n) is 8.29. The Hall–Kier alpha value is -1.10. The lowest BCUT2D eigenvalue weighted by Gasteiger charge is -2.34. The van der Waals surface area contributed by atoms with Gasteiger partial charge in [0.05, 0.1) is 5.41 Å². The van der Waals surface area contributed by atoms with E-state index < -0.39 is 5.97 Å². The molecule has 1 amide bonds. The summed E-state index contributed by atoms with van der Waals surface area (Å²) in [4.78, 5) is 25.5. The molecule has 2 rings (SSSR count). The van der Waals surface area contributed by atoms with Gasteiger partial charge in [-0.05, 0) is 31.6 Å². The van der Waals surface area contributed by atoms with Crippen molar-refractivity contribution in [3.63, 3.8) is 0 Å². The van der Waals surface area contributed by atoms with E-state index in [1.807, 2.05) is 4.90 Å². The van der Waals surface area contributed by atoms with E-state index in [9.17, 15) is 9.59 Å². The minimum atomic E-state index is -0.748. The molecule has 5 nitrogen and oxygen atoms in total. The molecule has 5 heteroatoms. The topological polar surface area (TPSA) is 83.6 Å². The first kappa shape index (κ1) is 16.3. The minimum absolute atomic E-state index is 0.203. The first-order chi connectivity index (χ1) is 10.1.